The van der Waals surface area contributed by atoms with E-state index in [1.54, 1.807) is 42.0 Å². The molecule has 4 rings (SSSR count). The van der Waals surface area contributed by atoms with Gasteiger partial charge in [-0.05, 0) is 28.1 Å². The normalized spacial score (nSPS) is 10.8. The Labute approximate surface area is 176 Å². The van der Waals surface area contributed by atoms with Crippen LogP contribution in [0.4, 0.5) is 0 Å². The lowest BCUT2D eigenvalue weighted by Gasteiger charge is -2.10. The van der Waals surface area contributed by atoms with Gasteiger partial charge >= 0.3 is 0 Å². The van der Waals surface area contributed by atoms with Gasteiger partial charge in [-0.3, -0.25) is 0 Å². The summed E-state index contributed by atoms with van der Waals surface area (Å²) in [5, 5.41) is 15.8. The van der Waals surface area contributed by atoms with Gasteiger partial charge in [-0.2, -0.15) is 0 Å². The molecule has 0 unspecified atom stereocenters. The molecule has 0 aliphatic heterocycles. The van der Waals surface area contributed by atoms with Crippen molar-refractivity contribution < 1.29 is 9.47 Å². The zero-order valence-electron chi connectivity index (χ0n) is 16.0. The second-order valence-corrected chi connectivity index (χ2v) is 7.88. The Morgan fingerprint density at radius 2 is 1.90 bits per heavy atom. The Morgan fingerprint density at radius 1 is 1.03 bits per heavy atom. The first-order chi connectivity index (χ1) is 14.3. The van der Waals surface area contributed by atoms with Crippen molar-refractivity contribution in [3.05, 3.63) is 65.2 Å². The smallest absolute Gasteiger partial charge is 0.210 e. The Bertz CT molecular complexity index is 1080. The molecule has 4 aromatic rings. The highest BCUT2D eigenvalue weighted by molar-refractivity contribution is 7.98. The van der Waals surface area contributed by atoms with Crippen molar-refractivity contribution in [2.75, 3.05) is 14.2 Å². The van der Waals surface area contributed by atoms with Crippen LogP contribution in [0.3, 0.4) is 0 Å². The molecule has 2 heterocycles. The summed E-state index contributed by atoms with van der Waals surface area (Å²) in [5.74, 6) is 2.06. The van der Waals surface area contributed by atoms with Crippen molar-refractivity contribution in [1.82, 2.24) is 25.2 Å². The first kappa shape index (κ1) is 19.4. The zero-order valence-corrected chi connectivity index (χ0v) is 17.6. The standard InChI is InChI=1S/C20H19N5O2S2/c1-26-17-10-6-9-16(18(17)27-2)19-21-15(12-28-19)13-29-20-22-23-24-25(20)11-14-7-4-3-5-8-14/h3-10,12H,11,13H2,1-2H3. The second kappa shape index (κ2) is 9.06. The first-order valence-electron chi connectivity index (χ1n) is 8.87. The van der Waals surface area contributed by atoms with Crippen LogP contribution in [0.2, 0.25) is 0 Å². The quantitative estimate of drug-likeness (QED) is 0.393. The van der Waals surface area contributed by atoms with E-state index in [1.807, 2.05) is 41.8 Å². The van der Waals surface area contributed by atoms with Gasteiger partial charge in [-0.15, -0.1) is 16.4 Å². The molecule has 29 heavy (non-hydrogen) atoms. The fourth-order valence-corrected chi connectivity index (χ4v) is 4.56. The Hall–Kier alpha value is -2.91. The number of methoxy groups -OCH3 is 2. The third-order valence-corrected chi connectivity index (χ3v) is 6.12. The van der Waals surface area contributed by atoms with Crippen LogP contribution in [0.15, 0.2) is 59.1 Å². The van der Waals surface area contributed by atoms with Crippen LogP contribution in [0.25, 0.3) is 10.6 Å². The summed E-state index contributed by atoms with van der Waals surface area (Å²) in [6.45, 7) is 0.638. The fraction of sp³-hybridized carbons (Fsp3) is 0.200. The predicted octanol–water partition coefficient (Wildman–Crippen LogP) is 4.15. The monoisotopic (exact) mass is 425 g/mol. The number of benzene rings is 2. The zero-order chi connectivity index (χ0) is 20.1. The van der Waals surface area contributed by atoms with Crippen molar-refractivity contribution in [1.29, 1.82) is 0 Å². The average Bonchev–Trinajstić information content (AvgIpc) is 3.41. The second-order valence-electron chi connectivity index (χ2n) is 6.08. The molecular formula is C20H19N5O2S2. The van der Waals surface area contributed by atoms with Gasteiger partial charge in [-0.25, -0.2) is 9.67 Å². The average molecular weight is 426 g/mol. The van der Waals surface area contributed by atoms with Crippen LogP contribution in [0.1, 0.15) is 11.3 Å². The summed E-state index contributed by atoms with van der Waals surface area (Å²) in [4.78, 5) is 4.76. The summed E-state index contributed by atoms with van der Waals surface area (Å²) in [7, 11) is 3.27. The molecule has 0 aliphatic carbocycles. The largest absolute Gasteiger partial charge is 0.493 e. The van der Waals surface area contributed by atoms with Gasteiger partial charge in [0, 0.05) is 11.1 Å². The molecule has 0 atom stereocenters. The molecular weight excluding hydrogens is 406 g/mol. The van der Waals surface area contributed by atoms with Crippen LogP contribution >= 0.6 is 23.1 Å². The molecule has 2 aromatic carbocycles. The van der Waals surface area contributed by atoms with Crippen LogP contribution in [0, 0.1) is 0 Å². The number of thioether (sulfide) groups is 1. The Balaban J connectivity index is 1.47. The van der Waals surface area contributed by atoms with E-state index in [9.17, 15) is 0 Å². The molecule has 0 fully saturated rings. The first-order valence-corrected chi connectivity index (χ1v) is 10.7. The molecule has 0 saturated heterocycles. The van der Waals surface area contributed by atoms with Crippen molar-refractivity contribution in [3.8, 4) is 22.1 Å². The summed E-state index contributed by atoms with van der Waals surface area (Å²) in [6.07, 6.45) is 0. The van der Waals surface area contributed by atoms with E-state index in [1.165, 1.54) is 0 Å². The maximum atomic E-state index is 5.53. The van der Waals surface area contributed by atoms with E-state index < -0.39 is 0 Å². The molecule has 0 radical (unpaired) electrons. The minimum absolute atomic E-state index is 0.638. The minimum Gasteiger partial charge on any atom is -0.493 e. The van der Waals surface area contributed by atoms with Crippen molar-refractivity contribution >= 4 is 23.1 Å². The predicted molar refractivity (Wildman–Crippen MR) is 114 cm³/mol. The summed E-state index contributed by atoms with van der Waals surface area (Å²) >= 11 is 3.14. The molecule has 2 aromatic heterocycles. The number of ether oxygens (including phenoxy) is 2. The number of tetrazole rings is 1. The number of para-hydroxylation sites is 1. The highest BCUT2D eigenvalue weighted by Crippen LogP contribution is 2.39. The number of hydrogen-bond acceptors (Lipinski definition) is 8. The Morgan fingerprint density at radius 3 is 2.69 bits per heavy atom. The van der Waals surface area contributed by atoms with E-state index in [0.717, 1.165) is 27.0 Å². The van der Waals surface area contributed by atoms with Gasteiger partial charge in [0.05, 0.1) is 32.0 Å². The van der Waals surface area contributed by atoms with Gasteiger partial charge in [0.15, 0.2) is 11.5 Å². The van der Waals surface area contributed by atoms with E-state index in [0.29, 0.717) is 23.8 Å². The molecule has 7 nitrogen and oxygen atoms in total. The fourth-order valence-electron chi connectivity index (χ4n) is 2.85. The molecule has 9 heteroatoms. The van der Waals surface area contributed by atoms with Crippen LogP contribution < -0.4 is 9.47 Å². The lowest BCUT2D eigenvalue weighted by Crippen LogP contribution is -2.03. The number of aromatic nitrogens is 5. The van der Waals surface area contributed by atoms with Crippen molar-refractivity contribution in [2.24, 2.45) is 0 Å². The van der Waals surface area contributed by atoms with Gasteiger partial charge in [0.2, 0.25) is 5.16 Å². The minimum atomic E-state index is 0.638. The van der Waals surface area contributed by atoms with Crippen molar-refractivity contribution in [2.45, 2.75) is 17.5 Å². The lowest BCUT2D eigenvalue weighted by atomic mass is 10.2. The summed E-state index contributed by atoms with van der Waals surface area (Å²) in [6, 6.07) is 15.9. The maximum absolute atomic E-state index is 5.53. The molecule has 0 bridgehead atoms. The third kappa shape index (κ3) is 4.41. The molecule has 0 saturated carbocycles. The maximum Gasteiger partial charge on any atom is 0.210 e. The molecule has 0 aliphatic rings. The number of nitrogens with zero attached hydrogens (tertiary/aromatic N) is 5. The molecule has 148 valence electrons. The molecule has 0 spiro atoms. The third-order valence-electron chi connectivity index (χ3n) is 4.21. The van der Waals surface area contributed by atoms with E-state index in [-0.39, 0.29) is 0 Å². The van der Waals surface area contributed by atoms with Gasteiger partial charge in [-0.1, -0.05) is 48.2 Å². The molecule has 0 amide bonds. The number of rotatable bonds is 8. The van der Waals surface area contributed by atoms with Crippen LogP contribution in [0.5, 0.6) is 11.5 Å². The van der Waals surface area contributed by atoms with Crippen LogP contribution in [-0.2, 0) is 12.3 Å². The summed E-state index contributed by atoms with van der Waals surface area (Å²) < 4.78 is 12.7. The molecule has 0 N–H and O–H groups in total. The van der Waals surface area contributed by atoms with Crippen molar-refractivity contribution in [3.63, 3.8) is 0 Å². The van der Waals surface area contributed by atoms with E-state index >= 15 is 0 Å². The van der Waals surface area contributed by atoms with E-state index in [2.05, 4.69) is 27.7 Å². The Kier molecular flexibility index (Phi) is 6.06. The summed E-state index contributed by atoms with van der Waals surface area (Å²) in [5.41, 5.74) is 3.04. The SMILES string of the molecule is COc1cccc(-c2nc(CSc3nnnn3Cc3ccccc3)cs2)c1OC. The highest BCUT2D eigenvalue weighted by atomic mass is 32.2. The van der Waals surface area contributed by atoms with Gasteiger partial charge in [0.25, 0.3) is 0 Å². The van der Waals surface area contributed by atoms with Crippen LogP contribution in [-0.4, -0.2) is 39.4 Å². The van der Waals surface area contributed by atoms with Gasteiger partial charge < -0.3 is 9.47 Å². The topological polar surface area (TPSA) is 75.0 Å². The number of thiazole rings is 1. The highest BCUT2D eigenvalue weighted by Gasteiger charge is 2.15. The lowest BCUT2D eigenvalue weighted by molar-refractivity contribution is 0.356. The number of hydrogen-bond donors (Lipinski definition) is 0. The van der Waals surface area contributed by atoms with Gasteiger partial charge in [0.1, 0.15) is 5.01 Å². The van der Waals surface area contributed by atoms with E-state index in [4.69, 9.17) is 14.5 Å².